The van der Waals surface area contributed by atoms with Crippen LogP contribution in [-0.2, 0) is 4.74 Å². The summed E-state index contributed by atoms with van der Waals surface area (Å²) in [4.78, 5) is 9.02. The molecule has 1 aromatic heterocycles. The third-order valence-corrected chi connectivity index (χ3v) is 3.69. The maximum atomic E-state index is 5.53. The summed E-state index contributed by atoms with van der Waals surface area (Å²) in [5.41, 5.74) is 3.61. The molecule has 0 saturated carbocycles. The highest BCUT2D eigenvalue weighted by molar-refractivity contribution is 5.56. The Labute approximate surface area is 120 Å². The van der Waals surface area contributed by atoms with Gasteiger partial charge in [0.15, 0.2) is 0 Å². The number of nitrogen functional groups attached to an aromatic ring is 1. The first-order chi connectivity index (χ1) is 9.61. The lowest BCUT2D eigenvalue weighted by Gasteiger charge is -2.15. The summed E-state index contributed by atoms with van der Waals surface area (Å²) in [7, 11) is 0. The van der Waals surface area contributed by atoms with E-state index < -0.39 is 0 Å². The van der Waals surface area contributed by atoms with E-state index in [-0.39, 0.29) is 5.92 Å². The highest BCUT2D eigenvalue weighted by Gasteiger charge is 2.16. The van der Waals surface area contributed by atoms with E-state index >= 15 is 0 Å². The number of nitrogens with one attached hydrogen (secondary N) is 2. The molecule has 0 aliphatic carbocycles. The first kappa shape index (κ1) is 15.0. The number of hydrogen-bond acceptors (Lipinski definition) is 6. The molecule has 0 aromatic carbocycles. The van der Waals surface area contributed by atoms with E-state index in [0.29, 0.717) is 11.7 Å². The molecule has 0 amide bonds. The van der Waals surface area contributed by atoms with Crippen LogP contribution in [0, 0.1) is 12.8 Å². The highest BCUT2D eigenvalue weighted by atomic mass is 16.5. The number of ether oxygens (including phenoxy) is 1. The van der Waals surface area contributed by atoms with Crippen LogP contribution in [0.5, 0.6) is 0 Å². The van der Waals surface area contributed by atoms with Gasteiger partial charge in [0.1, 0.15) is 17.5 Å². The van der Waals surface area contributed by atoms with Gasteiger partial charge in [-0.25, -0.2) is 15.8 Å². The molecule has 112 valence electrons. The Bertz CT molecular complexity index is 443. The van der Waals surface area contributed by atoms with Crippen molar-refractivity contribution in [3.63, 3.8) is 0 Å². The van der Waals surface area contributed by atoms with E-state index in [1.54, 1.807) is 0 Å². The minimum Gasteiger partial charge on any atom is -0.381 e. The largest absolute Gasteiger partial charge is 0.381 e. The maximum Gasteiger partial charge on any atom is 0.148 e. The average molecular weight is 279 g/mol. The molecule has 1 saturated heterocycles. The number of aromatic nitrogens is 2. The Morgan fingerprint density at radius 2 is 2.10 bits per heavy atom. The minimum atomic E-state index is 0.270. The molecule has 0 radical (unpaired) electrons. The molecule has 20 heavy (non-hydrogen) atoms. The number of hydrogen-bond donors (Lipinski definition) is 3. The zero-order valence-electron chi connectivity index (χ0n) is 12.6. The summed E-state index contributed by atoms with van der Waals surface area (Å²) in [5, 5.41) is 3.41. The predicted octanol–water partition coefficient (Wildman–Crippen LogP) is 2.03. The summed E-state index contributed by atoms with van der Waals surface area (Å²) < 4.78 is 5.39. The van der Waals surface area contributed by atoms with Crippen LogP contribution in [0.4, 0.5) is 11.6 Å². The topological polar surface area (TPSA) is 85.1 Å². The van der Waals surface area contributed by atoms with Crippen LogP contribution < -0.4 is 16.6 Å². The third-order valence-electron chi connectivity index (χ3n) is 3.69. The Balaban J connectivity index is 2.03. The van der Waals surface area contributed by atoms with Crippen molar-refractivity contribution in [3.8, 4) is 0 Å². The standard InChI is InChI=1S/C14H25N5O/c1-9(2)12-17-13(10(3)14(18-12)19-15)16-6-4-11-5-7-20-8-11/h9,11H,4-8,15H2,1-3H3,(H2,16,17,18,19). The van der Waals surface area contributed by atoms with Crippen LogP contribution in [0.1, 0.15) is 44.0 Å². The fourth-order valence-corrected chi connectivity index (χ4v) is 2.31. The van der Waals surface area contributed by atoms with Crippen LogP contribution >= 0.6 is 0 Å². The van der Waals surface area contributed by atoms with Crippen molar-refractivity contribution in [3.05, 3.63) is 11.4 Å². The minimum absolute atomic E-state index is 0.270. The van der Waals surface area contributed by atoms with E-state index in [0.717, 1.165) is 49.8 Å². The Hall–Kier alpha value is -1.40. The molecule has 2 rings (SSSR count). The Morgan fingerprint density at radius 1 is 1.35 bits per heavy atom. The number of rotatable bonds is 6. The highest BCUT2D eigenvalue weighted by Crippen LogP contribution is 2.23. The second kappa shape index (κ2) is 6.85. The van der Waals surface area contributed by atoms with Crippen molar-refractivity contribution in [2.75, 3.05) is 30.5 Å². The van der Waals surface area contributed by atoms with Crippen LogP contribution in [-0.4, -0.2) is 29.7 Å². The SMILES string of the molecule is Cc1c(NN)nc(C(C)C)nc1NCCC1CCOC1. The van der Waals surface area contributed by atoms with Crippen LogP contribution in [0.25, 0.3) is 0 Å². The second-order valence-corrected chi connectivity index (χ2v) is 5.65. The van der Waals surface area contributed by atoms with E-state index in [2.05, 4.69) is 34.6 Å². The lowest BCUT2D eigenvalue weighted by atomic mass is 10.1. The van der Waals surface area contributed by atoms with Gasteiger partial charge in [-0.3, -0.25) is 0 Å². The molecule has 6 nitrogen and oxygen atoms in total. The van der Waals surface area contributed by atoms with Crippen molar-refractivity contribution in [2.45, 2.75) is 39.5 Å². The molecular formula is C14H25N5O. The molecule has 1 aliphatic rings. The second-order valence-electron chi connectivity index (χ2n) is 5.65. The smallest absolute Gasteiger partial charge is 0.148 e. The zero-order valence-corrected chi connectivity index (χ0v) is 12.6. The Morgan fingerprint density at radius 3 is 2.70 bits per heavy atom. The van der Waals surface area contributed by atoms with Gasteiger partial charge in [0.2, 0.25) is 0 Å². The molecule has 0 spiro atoms. The number of nitrogens with zero attached hydrogens (tertiary/aromatic N) is 2. The Kier molecular flexibility index (Phi) is 5.14. The van der Waals surface area contributed by atoms with E-state index in [1.807, 2.05) is 6.92 Å². The normalized spacial score (nSPS) is 18.6. The summed E-state index contributed by atoms with van der Waals surface area (Å²) in [5.74, 6) is 8.83. The number of nitrogens with two attached hydrogens (primary N) is 1. The summed E-state index contributed by atoms with van der Waals surface area (Å²) in [6, 6.07) is 0. The third kappa shape index (κ3) is 3.58. The van der Waals surface area contributed by atoms with E-state index in [4.69, 9.17) is 10.6 Å². The van der Waals surface area contributed by atoms with Gasteiger partial charge in [-0.05, 0) is 25.7 Å². The molecule has 2 heterocycles. The molecule has 1 fully saturated rings. The van der Waals surface area contributed by atoms with Crippen LogP contribution in [0.3, 0.4) is 0 Å². The van der Waals surface area contributed by atoms with Crippen LogP contribution in [0.2, 0.25) is 0 Å². The molecule has 1 unspecified atom stereocenters. The molecule has 6 heteroatoms. The lowest BCUT2D eigenvalue weighted by molar-refractivity contribution is 0.185. The van der Waals surface area contributed by atoms with E-state index in [9.17, 15) is 0 Å². The first-order valence-corrected chi connectivity index (χ1v) is 7.28. The monoisotopic (exact) mass is 279 g/mol. The fourth-order valence-electron chi connectivity index (χ4n) is 2.31. The summed E-state index contributed by atoms with van der Waals surface area (Å²) >= 11 is 0. The van der Waals surface area contributed by atoms with Gasteiger partial charge in [0.05, 0.1) is 0 Å². The van der Waals surface area contributed by atoms with Gasteiger partial charge >= 0.3 is 0 Å². The van der Waals surface area contributed by atoms with Gasteiger partial charge in [-0.1, -0.05) is 13.8 Å². The zero-order chi connectivity index (χ0) is 14.5. The lowest BCUT2D eigenvalue weighted by Crippen LogP contribution is -2.16. The molecule has 1 atom stereocenters. The van der Waals surface area contributed by atoms with Crippen molar-refractivity contribution >= 4 is 11.6 Å². The summed E-state index contributed by atoms with van der Waals surface area (Å²) in [6.07, 6.45) is 2.27. The van der Waals surface area contributed by atoms with Crippen LogP contribution in [0.15, 0.2) is 0 Å². The number of hydrazine groups is 1. The molecular weight excluding hydrogens is 254 g/mol. The van der Waals surface area contributed by atoms with Crippen molar-refractivity contribution in [1.82, 2.24) is 9.97 Å². The maximum absolute atomic E-state index is 5.53. The average Bonchev–Trinajstić information content (AvgIpc) is 2.93. The van der Waals surface area contributed by atoms with Gasteiger partial charge < -0.3 is 15.5 Å². The summed E-state index contributed by atoms with van der Waals surface area (Å²) in [6.45, 7) is 8.80. The van der Waals surface area contributed by atoms with Gasteiger partial charge in [0.25, 0.3) is 0 Å². The molecule has 4 N–H and O–H groups in total. The fraction of sp³-hybridized carbons (Fsp3) is 0.714. The van der Waals surface area contributed by atoms with Crippen molar-refractivity contribution in [1.29, 1.82) is 0 Å². The molecule has 1 aliphatic heterocycles. The number of anilines is 2. The predicted molar refractivity (Wildman–Crippen MR) is 80.7 cm³/mol. The quantitative estimate of drug-likeness (QED) is 0.546. The van der Waals surface area contributed by atoms with Crippen molar-refractivity contribution in [2.24, 2.45) is 11.8 Å². The van der Waals surface area contributed by atoms with Gasteiger partial charge in [-0.15, -0.1) is 0 Å². The van der Waals surface area contributed by atoms with Crippen molar-refractivity contribution < 1.29 is 4.74 Å². The van der Waals surface area contributed by atoms with E-state index in [1.165, 1.54) is 0 Å². The molecule has 0 bridgehead atoms. The first-order valence-electron chi connectivity index (χ1n) is 7.28. The molecule has 1 aromatic rings. The van der Waals surface area contributed by atoms with Gasteiger partial charge in [0, 0.05) is 31.2 Å². The van der Waals surface area contributed by atoms with Gasteiger partial charge in [-0.2, -0.15) is 0 Å².